The molecule has 21 heavy (non-hydrogen) atoms. The van der Waals surface area contributed by atoms with E-state index in [0.717, 1.165) is 24.2 Å². The largest absolute Gasteiger partial charge is 0.378 e. The van der Waals surface area contributed by atoms with Crippen LogP contribution >= 0.6 is 0 Å². The second-order valence-electron chi connectivity index (χ2n) is 5.32. The highest BCUT2D eigenvalue weighted by Gasteiger charge is 2.21. The van der Waals surface area contributed by atoms with Crippen molar-refractivity contribution in [3.8, 4) is 5.69 Å². The first-order chi connectivity index (χ1) is 10.4. The molecule has 1 unspecified atom stereocenters. The van der Waals surface area contributed by atoms with Crippen LogP contribution in [0, 0.1) is 0 Å². The minimum Gasteiger partial charge on any atom is -0.378 e. The minimum absolute atomic E-state index is 0.415. The molecule has 1 aromatic heterocycles. The summed E-state index contributed by atoms with van der Waals surface area (Å²) < 4.78 is 1.76. The smallest absolute Gasteiger partial charge is 0.138 e. The molecule has 0 amide bonds. The number of benzene rings is 2. The molecule has 1 atom stereocenters. The molecule has 4 heteroatoms. The van der Waals surface area contributed by atoms with Crippen LogP contribution in [0.3, 0.4) is 0 Å². The maximum absolute atomic E-state index is 4.13. The lowest BCUT2D eigenvalue weighted by Gasteiger charge is -2.15. The van der Waals surface area contributed by atoms with Crippen LogP contribution in [-0.4, -0.2) is 14.8 Å². The number of hydrogen-bond donors (Lipinski definition) is 1. The van der Waals surface area contributed by atoms with E-state index < -0.39 is 0 Å². The molecule has 0 saturated carbocycles. The number of anilines is 1. The van der Waals surface area contributed by atoms with Crippen molar-refractivity contribution in [3.05, 3.63) is 72.3 Å². The van der Waals surface area contributed by atoms with Crippen LogP contribution in [-0.2, 0) is 6.42 Å². The Hall–Kier alpha value is -2.62. The molecule has 1 aliphatic rings. The molecule has 2 aromatic carbocycles. The Morgan fingerprint density at radius 2 is 1.90 bits per heavy atom. The van der Waals surface area contributed by atoms with Crippen LogP contribution in [0.2, 0.25) is 0 Å². The van der Waals surface area contributed by atoms with Gasteiger partial charge in [0.15, 0.2) is 0 Å². The average molecular weight is 276 g/mol. The average Bonchev–Trinajstić information content (AvgIpc) is 3.19. The lowest BCUT2D eigenvalue weighted by molar-refractivity contribution is 0.762. The predicted molar refractivity (Wildman–Crippen MR) is 82.5 cm³/mol. The van der Waals surface area contributed by atoms with E-state index in [4.69, 9.17) is 0 Å². The summed E-state index contributed by atoms with van der Waals surface area (Å²) in [6.07, 6.45) is 5.56. The van der Waals surface area contributed by atoms with Gasteiger partial charge >= 0.3 is 0 Å². The van der Waals surface area contributed by atoms with Crippen molar-refractivity contribution < 1.29 is 0 Å². The van der Waals surface area contributed by atoms with Crippen LogP contribution < -0.4 is 5.32 Å². The molecular formula is C17H16N4. The molecule has 4 nitrogen and oxygen atoms in total. The molecule has 0 radical (unpaired) electrons. The lowest BCUT2D eigenvalue weighted by Crippen LogP contribution is -2.07. The number of nitrogens with one attached hydrogen (secondary N) is 1. The zero-order valence-corrected chi connectivity index (χ0v) is 11.6. The number of fused-ring (bicyclic) bond motifs is 1. The standard InChI is InChI=1S/C17H16N4/c1-2-4-16-13(3-1)5-10-17(16)20-14-6-8-15(9-7-14)21-12-18-11-19-21/h1-4,6-9,11-12,17,20H,5,10H2. The zero-order valence-electron chi connectivity index (χ0n) is 11.6. The molecule has 0 bridgehead atoms. The van der Waals surface area contributed by atoms with Crippen molar-refractivity contribution in [1.29, 1.82) is 0 Å². The van der Waals surface area contributed by atoms with Crippen molar-refractivity contribution in [3.63, 3.8) is 0 Å². The van der Waals surface area contributed by atoms with Gasteiger partial charge in [-0.2, -0.15) is 5.10 Å². The molecule has 1 N–H and O–H groups in total. The van der Waals surface area contributed by atoms with Crippen LogP contribution in [0.15, 0.2) is 61.2 Å². The van der Waals surface area contributed by atoms with Crippen molar-refractivity contribution in [2.24, 2.45) is 0 Å². The molecule has 1 aliphatic carbocycles. The van der Waals surface area contributed by atoms with E-state index in [1.807, 2.05) is 0 Å². The van der Waals surface area contributed by atoms with Crippen LogP contribution in [0.25, 0.3) is 5.69 Å². The highest BCUT2D eigenvalue weighted by atomic mass is 15.3. The first kappa shape index (κ1) is 12.1. The summed E-state index contributed by atoms with van der Waals surface area (Å²) in [6, 6.07) is 17.4. The summed E-state index contributed by atoms with van der Waals surface area (Å²) in [6.45, 7) is 0. The van der Waals surface area contributed by atoms with Gasteiger partial charge in [-0.25, -0.2) is 9.67 Å². The van der Waals surface area contributed by atoms with Gasteiger partial charge in [-0.3, -0.25) is 0 Å². The van der Waals surface area contributed by atoms with Gasteiger partial charge in [-0.1, -0.05) is 24.3 Å². The summed E-state index contributed by atoms with van der Waals surface area (Å²) in [7, 11) is 0. The van der Waals surface area contributed by atoms with Gasteiger partial charge in [-0.05, 0) is 48.2 Å². The number of aryl methyl sites for hydroxylation is 1. The molecule has 0 spiro atoms. The van der Waals surface area contributed by atoms with Gasteiger partial charge < -0.3 is 5.32 Å². The third-order valence-corrected chi connectivity index (χ3v) is 4.02. The zero-order chi connectivity index (χ0) is 14.1. The number of aromatic nitrogens is 3. The lowest BCUT2D eigenvalue weighted by atomic mass is 10.1. The summed E-state index contributed by atoms with van der Waals surface area (Å²) in [5, 5.41) is 7.76. The summed E-state index contributed by atoms with van der Waals surface area (Å²) in [5.41, 5.74) is 5.05. The van der Waals surface area contributed by atoms with E-state index >= 15 is 0 Å². The molecule has 0 saturated heterocycles. The molecule has 3 aromatic rings. The number of rotatable bonds is 3. The van der Waals surface area contributed by atoms with Crippen molar-refractivity contribution in [1.82, 2.24) is 14.8 Å². The van der Waals surface area contributed by atoms with Crippen LogP contribution in [0.5, 0.6) is 0 Å². The number of nitrogens with zero attached hydrogens (tertiary/aromatic N) is 3. The minimum atomic E-state index is 0.415. The van der Waals surface area contributed by atoms with E-state index in [-0.39, 0.29) is 0 Å². The van der Waals surface area contributed by atoms with E-state index in [1.165, 1.54) is 11.1 Å². The summed E-state index contributed by atoms with van der Waals surface area (Å²) >= 11 is 0. The van der Waals surface area contributed by atoms with Gasteiger partial charge in [0.05, 0.1) is 11.7 Å². The van der Waals surface area contributed by atoms with Gasteiger partial charge in [0.25, 0.3) is 0 Å². The van der Waals surface area contributed by atoms with Gasteiger partial charge in [0.2, 0.25) is 0 Å². The van der Waals surface area contributed by atoms with Crippen LogP contribution in [0.4, 0.5) is 5.69 Å². The maximum atomic E-state index is 4.13. The van der Waals surface area contributed by atoms with Crippen molar-refractivity contribution >= 4 is 5.69 Å². The normalized spacial score (nSPS) is 16.7. The molecule has 0 aliphatic heterocycles. The van der Waals surface area contributed by atoms with E-state index in [2.05, 4.69) is 63.9 Å². The SMILES string of the molecule is c1ccc2c(c1)CCC2Nc1ccc(-n2cncn2)cc1. The Labute approximate surface area is 123 Å². The molecule has 4 rings (SSSR count). The van der Waals surface area contributed by atoms with E-state index in [0.29, 0.717) is 6.04 Å². The predicted octanol–water partition coefficient (Wildman–Crippen LogP) is 3.37. The second-order valence-corrected chi connectivity index (χ2v) is 5.32. The molecular weight excluding hydrogens is 260 g/mol. The molecule has 0 fully saturated rings. The van der Waals surface area contributed by atoms with Gasteiger partial charge in [0, 0.05) is 5.69 Å². The Bertz CT molecular complexity index is 732. The van der Waals surface area contributed by atoms with E-state index in [1.54, 1.807) is 17.3 Å². The summed E-state index contributed by atoms with van der Waals surface area (Å²) in [5.74, 6) is 0. The molecule has 104 valence electrons. The highest BCUT2D eigenvalue weighted by molar-refractivity contribution is 5.51. The van der Waals surface area contributed by atoms with Crippen molar-refractivity contribution in [2.75, 3.05) is 5.32 Å². The first-order valence-corrected chi connectivity index (χ1v) is 7.19. The quantitative estimate of drug-likeness (QED) is 0.797. The maximum Gasteiger partial charge on any atom is 0.138 e. The van der Waals surface area contributed by atoms with Crippen molar-refractivity contribution in [2.45, 2.75) is 18.9 Å². The topological polar surface area (TPSA) is 42.7 Å². The Morgan fingerprint density at radius 3 is 2.71 bits per heavy atom. The third-order valence-electron chi connectivity index (χ3n) is 4.02. The Morgan fingerprint density at radius 1 is 1.05 bits per heavy atom. The Balaban J connectivity index is 1.53. The second kappa shape index (κ2) is 5.05. The van der Waals surface area contributed by atoms with Gasteiger partial charge in [-0.15, -0.1) is 0 Å². The fraction of sp³-hybridized carbons (Fsp3) is 0.176. The first-order valence-electron chi connectivity index (χ1n) is 7.19. The number of hydrogen-bond acceptors (Lipinski definition) is 3. The monoisotopic (exact) mass is 276 g/mol. The highest BCUT2D eigenvalue weighted by Crippen LogP contribution is 2.33. The van der Waals surface area contributed by atoms with Crippen LogP contribution in [0.1, 0.15) is 23.6 Å². The Kier molecular flexibility index (Phi) is 2.92. The molecule has 1 heterocycles. The fourth-order valence-corrected chi connectivity index (χ4v) is 2.96. The summed E-state index contributed by atoms with van der Waals surface area (Å²) in [4.78, 5) is 3.97. The van der Waals surface area contributed by atoms with Gasteiger partial charge in [0.1, 0.15) is 12.7 Å². The third kappa shape index (κ3) is 2.29. The van der Waals surface area contributed by atoms with E-state index in [9.17, 15) is 0 Å². The fourth-order valence-electron chi connectivity index (χ4n) is 2.96.